The number of furan rings is 1. The molecule has 0 radical (unpaired) electrons. The number of benzene rings is 1. The molecule has 0 bridgehead atoms. The predicted octanol–water partition coefficient (Wildman–Crippen LogP) is 3.99. The Morgan fingerprint density at radius 1 is 1.12 bits per heavy atom. The van der Waals surface area contributed by atoms with Gasteiger partial charge >= 0.3 is 6.18 Å². The number of hydrogen-bond acceptors (Lipinski definition) is 5. The Morgan fingerprint density at radius 3 is 2.39 bits per heavy atom. The van der Waals surface area contributed by atoms with Crippen LogP contribution in [0.4, 0.5) is 27.6 Å². The second-order valence-corrected chi connectivity index (χ2v) is 11.6. The molecule has 12 heteroatoms. The third kappa shape index (κ3) is 4.06. The summed E-state index contributed by atoms with van der Waals surface area (Å²) in [6, 6.07) is 2.70. The van der Waals surface area contributed by atoms with Gasteiger partial charge in [-0.3, -0.25) is 4.79 Å². The van der Waals surface area contributed by atoms with Gasteiger partial charge in [0.05, 0.1) is 34.8 Å². The first-order valence-electron chi connectivity index (χ1n) is 10.6. The molecule has 33 heavy (non-hydrogen) atoms. The number of carbonyl (C=O) groups excluding carboxylic acids is 1. The summed E-state index contributed by atoms with van der Waals surface area (Å²) in [6.45, 7) is -0.858. The van der Waals surface area contributed by atoms with Crippen LogP contribution in [0.1, 0.15) is 41.8 Å². The maximum absolute atomic E-state index is 15.4. The Bertz CT molecular complexity index is 1220. The van der Waals surface area contributed by atoms with E-state index in [1.165, 1.54) is 4.90 Å². The number of sulfone groups is 1. The number of hydrogen-bond donors (Lipinski definition) is 1. The zero-order valence-corrected chi connectivity index (χ0v) is 18.2. The van der Waals surface area contributed by atoms with Crippen LogP contribution >= 0.6 is 0 Å². The summed E-state index contributed by atoms with van der Waals surface area (Å²) in [7, 11) is -3.34. The maximum atomic E-state index is 15.4. The lowest BCUT2D eigenvalue weighted by atomic mass is 9.94. The Morgan fingerprint density at radius 2 is 1.79 bits per heavy atom. The molecule has 0 unspecified atom stereocenters. The number of carbonyl (C=O) groups is 1. The van der Waals surface area contributed by atoms with Gasteiger partial charge in [-0.25, -0.2) is 17.2 Å². The zero-order valence-electron chi connectivity index (χ0n) is 17.3. The van der Waals surface area contributed by atoms with Gasteiger partial charge in [0.1, 0.15) is 15.4 Å². The molecule has 6 nitrogen and oxygen atoms in total. The SMILES string of the molecule is O=C1NC2(CC2)CN(CC(F)(F)C2CCS(=O)(=O)CC2)c2c1oc1ccc(C(F)(F)F)cc21. The highest BCUT2D eigenvalue weighted by molar-refractivity contribution is 7.91. The molecule has 1 aromatic carbocycles. The molecule has 5 rings (SSSR count). The fourth-order valence-electron chi connectivity index (χ4n) is 4.78. The zero-order chi connectivity index (χ0) is 23.8. The van der Waals surface area contributed by atoms with Crippen molar-refractivity contribution in [1.29, 1.82) is 0 Å². The van der Waals surface area contributed by atoms with Crippen molar-refractivity contribution in [2.45, 2.75) is 43.3 Å². The van der Waals surface area contributed by atoms with Crippen LogP contribution in [0.15, 0.2) is 22.6 Å². The quantitative estimate of drug-likeness (QED) is 0.656. The van der Waals surface area contributed by atoms with Crippen LogP contribution < -0.4 is 10.2 Å². The van der Waals surface area contributed by atoms with Crippen molar-refractivity contribution in [3.05, 3.63) is 29.5 Å². The summed E-state index contributed by atoms with van der Waals surface area (Å²) in [5, 5.41) is 2.72. The first-order valence-corrected chi connectivity index (χ1v) is 12.4. The van der Waals surface area contributed by atoms with Gasteiger partial charge in [-0.05, 0) is 43.9 Å². The molecule has 2 aromatic rings. The molecule has 180 valence electrons. The molecule has 1 saturated heterocycles. The second kappa shape index (κ2) is 7.07. The number of rotatable bonds is 3. The first kappa shape index (κ1) is 22.4. The summed E-state index contributed by atoms with van der Waals surface area (Å²) in [5.74, 6) is -6.10. The summed E-state index contributed by atoms with van der Waals surface area (Å²) < 4.78 is 99.6. The van der Waals surface area contributed by atoms with E-state index in [0.29, 0.717) is 12.8 Å². The number of halogens is 5. The number of alkyl halides is 5. The fourth-order valence-corrected chi connectivity index (χ4v) is 6.27. The molecule has 3 heterocycles. The van der Waals surface area contributed by atoms with Crippen LogP contribution in [0, 0.1) is 5.92 Å². The third-order valence-electron chi connectivity index (χ3n) is 6.79. The summed E-state index contributed by atoms with van der Waals surface area (Å²) in [5.41, 5.74) is -1.81. The average Bonchev–Trinajstić information content (AvgIpc) is 3.35. The standard InChI is InChI=1S/C21H21F5N2O4S/c22-20(23,12-3-7-33(30,31)8-4-12)11-28-10-19(5-6-19)27-18(29)17-16(28)14-9-13(21(24,25)26)1-2-15(14)32-17/h1-2,9,12H,3-8,10-11H2,(H,27,29). The largest absolute Gasteiger partial charge is 0.449 e. The second-order valence-electron chi connectivity index (χ2n) is 9.27. The maximum Gasteiger partial charge on any atom is 0.416 e. The van der Waals surface area contributed by atoms with Gasteiger partial charge in [0.25, 0.3) is 11.8 Å². The van der Waals surface area contributed by atoms with Crippen LogP contribution in [0.2, 0.25) is 0 Å². The van der Waals surface area contributed by atoms with Crippen molar-refractivity contribution in [2.24, 2.45) is 5.92 Å². The van der Waals surface area contributed by atoms with Gasteiger partial charge < -0.3 is 14.6 Å². The van der Waals surface area contributed by atoms with E-state index >= 15 is 8.78 Å². The fraction of sp³-hybridized carbons (Fsp3) is 0.571. The van der Waals surface area contributed by atoms with Crippen LogP contribution in [-0.4, -0.2) is 50.4 Å². The minimum Gasteiger partial charge on any atom is -0.449 e. The predicted molar refractivity (Wildman–Crippen MR) is 109 cm³/mol. The van der Waals surface area contributed by atoms with Crippen molar-refractivity contribution in [3.63, 3.8) is 0 Å². The van der Waals surface area contributed by atoms with Crippen LogP contribution in [0.3, 0.4) is 0 Å². The molecule has 1 aliphatic carbocycles. The summed E-state index contributed by atoms with van der Waals surface area (Å²) >= 11 is 0. The minimum atomic E-state index is -4.66. The highest BCUT2D eigenvalue weighted by Gasteiger charge is 2.52. The Hall–Kier alpha value is -2.37. The Labute approximate surface area is 186 Å². The van der Waals surface area contributed by atoms with Crippen molar-refractivity contribution in [2.75, 3.05) is 29.5 Å². The average molecular weight is 492 g/mol. The lowest BCUT2D eigenvalue weighted by Crippen LogP contribution is -2.49. The monoisotopic (exact) mass is 492 g/mol. The van der Waals surface area contributed by atoms with E-state index in [4.69, 9.17) is 4.42 Å². The normalized spacial score (nSPS) is 22.8. The smallest absolute Gasteiger partial charge is 0.416 e. The van der Waals surface area contributed by atoms with Crippen LogP contribution in [0.25, 0.3) is 11.0 Å². The van der Waals surface area contributed by atoms with Gasteiger partial charge in [-0.1, -0.05) is 0 Å². The van der Waals surface area contributed by atoms with Crippen molar-refractivity contribution >= 4 is 32.4 Å². The van der Waals surface area contributed by atoms with E-state index < -0.39 is 51.4 Å². The van der Waals surface area contributed by atoms with Gasteiger partial charge in [-0.15, -0.1) is 0 Å². The van der Waals surface area contributed by atoms with Crippen molar-refractivity contribution < 1.29 is 39.6 Å². The number of nitrogens with zero attached hydrogens (tertiary/aromatic N) is 1. The van der Waals surface area contributed by atoms with Gasteiger partial charge in [0, 0.05) is 17.8 Å². The lowest BCUT2D eigenvalue weighted by Gasteiger charge is -2.35. The highest BCUT2D eigenvalue weighted by Crippen LogP contribution is 2.46. The molecule has 1 saturated carbocycles. The van der Waals surface area contributed by atoms with Gasteiger partial charge in [0.2, 0.25) is 5.76 Å². The molecule has 1 amide bonds. The van der Waals surface area contributed by atoms with Gasteiger partial charge in [0.15, 0.2) is 0 Å². The number of amides is 1. The first-order chi connectivity index (χ1) is 15.3. The highest BCUT2D eigenvalue weighted by atomic mass is 32.2. The Kier molecular flexibility index (Phi) is 4.80. The van der Waals surface area contributed by atoms with Crippen LogP contribution in [0.5, 0.6) is 0 Å². The molecule has 1 spiro atoms. The third-order valence-corrected chi connectivity index (χ3v) is 8.51. The van der Waals surface area contributed by atoms with E-state index in [0.717, 1.165) is 18.2 Å². The van der Waals surface area contributed by atoms with Crippen LogP contribution in [-0.2, 0) is 16.0 Å². The summed E-state index contributed by atoms with van der Waals surface area (Å²) in [6.07, 6.45) is -3.94. The van der Waals surface area contributed by atoms with E-state index in [-0.39, 0.29) is 53.3 Å². The summed E-state index contributed by atoms with van der Waals surface area (Å²) in [4.78, 5) is 14.0. The molecule has 1 aromatic heterocycles. The van der Waals surface area contributed by atoms with E-state index in [9.17, 15) is 26.4 Å². The van der Waals surface area contributed by atoms with Crippen molar-refractivity contribution in [3.8, 4) is 0 Å². The molecular formula is C21H21F5N2O4S. The number of nitrogens with one attached hydrogen (secondary N) is 1. The van der Waals surface area contributed by atoms with E-state index in [1.54, 1.807) is 0 Å². The minimum absolute atomic E-state index is 0.00275. The Balaban J connectivity index is 1.56. The van der Waals surface area contributed by atoms with E-state index in [2.05, 4.69) is 5.32 Å². The molecule has 1 N–H and O–H groups in total. The molecule has 2 aliphatic heterocycles. The molecule has 2 fully saturated rings. The molecule has 0 atom stereocenters. The molecular weight excluding hydrogens is 471 g/mol. The number of fused-ring (bicyclic) bond motifs is 3. The molecule has 3 aliphatic rings. The number of anilines is 1. The van der Waals surface area contributed by atoms with Crippen molar-refractivity contribution in [1.82, 2.24) is 5.32 Å². The topological polar surface area (TPSA) is 79.6 Å². The van der Waals surface area contributed by atoms with Gasteiger partial charge in [-0.2, -0.15) is 13.2 Å². The lowest BCUT2D eigenvalue weighted by molar-refractivity contribution is -0.137. The van der Waals surface area contributed by atoms with E-state index in [1.807, 2.05) is 0 Å².